The van der Waals surface area contributed by atoms with Crippen LogP contribution in [0.3, 0.4) is 0 Å². The van der Waals surface area contributed by atoms with E-state index in [1.807, 2.05) is 180 Å². The molecule has 0 saturated carbocycles. The summed E-state index contributed by atoms with van der Waals surface area (Å²) in [5.74, 6) is 0. The average Bonchev–Trinajstić information content (AvgIpc) is 1.63. The fourth-order valence-electron chi connectivity index (χ4n) is 7.90. The van der Waals surface area contributed by atoms with Gasteiger partial charge < -0.3 is 33.3 Å². The van der Waals surface area contributed by atoms with Gasteiger partial charge in [-0.3, -0.25) is 35.0 Å². The lowest BCUT2D eigenvalue weighted by Crippen LogP contribution is -1.78. The van der Waals surface area contributed by atoms with Crippen molar-refractivity contribution in [2.45, 2.75) is 7.43 Å². The van der Waals surface area contributed by atoms with Gasteiger partial charge in [-0.1, -0.05) is 91.4 Å². The normalized spacial score (nSPS) is 8.70. The molecule has 26 rings (SSSR count). The van der Waals surface area contributed by atoms with E-state index in [0.717, 1.165) is 22.1 Å². The summed E-state index contributed by atoms with van der Waals surface area (Å²) in [6, 6.07) is 69.1. The lowest BCUT2D eigenvalue weighted by Gasteiger charge is -1.90. The number of hydrogen-bond acceptors (Lipinski definition) is 33. The molecule has 6 N–H and O–H groups in total. The van der Waals surface area contributed by atoms with Crippen molar-refractivity contribution in [3.05, 3.63) is 499 Å². The molecule has 33 nitrogen and oxygen atoms in total. The molecule has 0 radical (unpaired) electrons. The molecule has 0 unspecified atom stereocenters. The van der Waals surface area contributed by atoms with Crippen LogP contribution in [0.15, 0.2) is 512 Å². The minimum absolute atomic E-state index is 0. The second-order valence-corrected chi connectivity index (χ2v) is 27.4. The number of para-hydroxylation sites is 5. The summed E-state index contributed by atoms with van der Waals surface area (Å²) >= 11 is 10.2. The first-order valence-corrected chi connectivity index (χ1v) is 43.7. The molecule has 0 amide bonds. The van der Waals surface area contributed by atoms with E-state index in [4.69, 9.17) is 0 Å². The van der Waals surface area contributed by atoms with Crippen LogP contribution >= 0.6 is 68.2 Å². The Balaban J connectivity index is 0.000000246. The number of nitrogens with one attached hydrogen (secondary N) is 6. The minimum Gasteiger partial charge on any atom is -0.473 e. The van der Waals surface area contributed by atoms with Gasteiger partial charge in [0.15, 0.2) is 6.39 Å². The molecule has 0 aliphatic heterocycles. The van der Waals surface area contributed by atoms with E-state index in [-0.39, 0.29) is 7.43 Å². The summed E-state index contributed by atoms with van der Waals surface area (Å²) in [6.45, 7) is 0. The van der Waals surface area contributed by atoms with E-state index in [9.17, 15) is 0 Å². The molecule has 668 valence electrons. The molecule has 0 aliphatic carbocycles. The maximum absolute atomic E-state index is 4.58. The zero-order valence-electron chi connectivity index (χ0n) is 69.8. The number of rotatable bonds is 0. The van der Waals surface area contributed by atoms with Crippen molar-refractivity contribution in [2.75, 3.05) is 0 Å². The lowest BCUT2D eigenvalue weighted by atomic mass is 10.3. The summed E-state index contributed by atoms with van der Waals surface area (Å²) in [4.78, 5) is 67.9. The number of nitrogens with zero attached hydrogens (tertiary/aromatic N) is 24. The van der Waals surface area contributed by atoms with Gasteiger partial charge in [0.1, 0.15) is 44.2 Å². The van der Waals surface area contributed by atoms with Crippen LogP contribution in [0.1, 0.15) is 7.43 Å². The zero-order valence-corrected chi connectivity index (χ0v) is 74.6. The first kappa shape index (κ1) is 105. The van der Waals surface area contributed by atoms with Crippen LogP contribution in [0.2, 0.25) is 0 Å². The standard InChI is InChI=1S/C8H6N2.C8H7N.C8H6S.C7H6N2.C6H4S2.C5H5N.3C4H4N2.C4H5N.C4H4O.C4H4S.2C3H3N3.2C3H4N2.2C3H3NO.2C3H3NS.C2H3N3.CH4/c1-2-4-8-7(3-1)9-5-6-10-8;2*1-2-4-8-7(3-1)5-6-9-8;1-2-4-7-6(3-1)8-5-9-7;1-3-7-6-2-4-8-5(1)6;1-2-4-6-5-3-1;1-2-6-4-3-5-1;1-2-5-4-6-3-1;1-2-4-6-5-3-1;3*1-2-4-5-3-1;1-4-2-6-3-5-1;1-2-5-6-3-4-1;1-2-5-3-4-1;1-2-4-5-3-1;1-2-5-3-4-1;1-2-4-5-3-1;1-2-5-3-4-1;2*1-2-4-5-3-1;/h1-6H;1-6,9H;1-6H;1-5H,(H,8,9);1-4H;1-5H;3*1-4H;1-5H;2*1-4H;2*1-3H;2*1-3H,(H,4,5);4*1-3H;1-2H,(H,3,4,5);1H4. The molecular weight excluding hydrogens is 1780 g/mol. The molecule has 0 fully saturated rings. The molecule has 26 aromatic rings. The highest BCUT2D eigenvalue weighted by atomic mass is 32.1. The Morgan fingerprint density at radius 2 is 0.886 bits per heavy atom. The predicted molar refractivity (Wildman–Crippen MR) is 527 cm³/mol. The molecular formula is C93H92N30O3S6. The highest BCUT2D eigenvalue weighted by Gasteiger charge is 1.93. The average molecular weight is 1870 g/mol. The number of fused-ring (bicyclic) bond motifs is 5. The molecule has 4 aromatic carbocycles. The van der Waals surface area contributed by atoms with Gasteiger partial charge >= 0.3 is 0 Å². The van der Waals surface area contributed by atoms with Crippen LogP contribution in [0.4, 0.5) is 0 Å². The van der Waals surface area contributed by atoms with Gasteiger partial charge in [-0.05, 0) is 183 Å². The maximum atomic E-state index is 4.58. The Bertz CT molecular complexity index is 4970. The molecule has 39 heteroatoms. The molecule has 132 heavy (non-hydrogen) atoms. The summed E-state index contributed by atoms with van der Waals surface area (Å²) in [6.07, 6.45) is 63.9. The second-order valence-electron chi connectivity index (χ2n) is 22.3. The summed E-state index contributed by atoms with van der Waals surface area (Å²) in [5.41, 5.74) is 7.02. The first-order chi connectivity index (χ1) is 65.3. The van der Waals surface area contributed by atoms with Gasteiger partial charge in [-0.15, -0.1) is 50.4 Å². The van der Waals surface area contributed by atoms with Crippen LogP contribution in [0.25, 0.3) is 52.5 Å². The van der Waals surface area contributed by atoms with Gasteiger partial charge in [-0.25, -0.2) is 49.2 Å². The number of oxazole rings is 1. The highest BCUT2D eigenvalue weighted by Crippen LogP contribution is 2.25. The monoisotopic (exact) mass is 1870 g/mol. The number of aromatic amines is 6. The highest BCUT2D eigenvalue weighted by molar-refractivity contribution is 7.25. The van der Waals surface area contributed by atoms with Crippen LogP contribution < -0.4 is 0 Å². The second kappa shape index (κ2) is 80.8. The third-order valence-corrected chi connectivity index (χ3v) is 17.8. The SMILES string of the molecule is C.c1c[nH]cn1.c1cc2sccc2s1.c1cc[nH]c1.c1ccc2[nH]ccc2c1.c1ccc2[nH]cnc2c1.c1ccc2nccnc2c1.c1ccc2sccc2c1.c1ccncc1.c1ccnnc1.c1ccoc1.c1ccsc1.c1cn[nH]c1.c1cn[nH]n1.c1cnccn1.c1cncnc1.c1cnncn1.c1cnoc1.c1cnsc1.c1cocn1.c1cscn1.c1ncncn1. The fourth-order valence-corrected chi connectivity index (χ4v) is 11.7. The Kier molecular flexibility index (Phi) is 64.5. The van der Waals surface area contributed by atoms with Gasteiger partial charge in [-0.2, -0.15) is 47.1 Å². The lowest BCUT2D eigenvalue weighted by molar-refractivity contribution is 0.420. The van der Waals surface area contributed by atoms with Gasteiger partial charge in [0.05, 0.1) is 83.7 Å². The van der Waals surface area contributed by atoms with Crippen molar-refractivity contribution in [2.24, 2.45) is 0 Å². The van der Waals surface area contributed by atoms with E-state index in [0.29, 0.717) is 0 Å². The summed E-state index contributed by atoms with van der Waals surface area (Å²) < 4.78 is 21.3. The molecule has 0 saturated heterocycles. The molecule has 0 atom stereocenters. The molecule has 0 bridgehead atoms. The number of aromatic nitrogens is 30. The summed E-state index contributed by atoms with van der Waals surface area (Å²) in [5, 5.41) is 49.8. The first-order valence-electron chi connectivity index (χ1n) is 38.3. The molecule has 22 heterocycles. The Hall–Kier alpha value is -17.2. The van der Waals surface area contributed by atoms with E-state index >= 15 is 0 Å². The number of furan rings is 1. The number of thiophene rings is 4. The molecule has 0 aliphatic rings. The molecule has 0 spiro atoms. The third kappa shape index (κ3) is 59.6. The number of hydrogen-bond donors (Lipinski definition) is 6. The zero-order chi connectivity index (χ0) is 91.3. The van der Waals surface area contributed by atoms with E-state index in [1.54, 1.807) is 242 Å². The minimum atomic E-state index is 0. The number of imidazole rings is 2. The summed E-state index contributed by atoms with van der Waals surface area (Å²) in [7, 11) is 0. The number of pyridine rings is 1. The van der Waals surface area contributed by atoms with Crippen molar-refractivity contribution >= 4 is 121 Å². The van der Waals surface area contributed by atoms with Gasteiger partial charge in [0, 0.05) is 167 Å². The van der Waals surface area contributed by atoms with Gasteiger partial charge in [0.2, 0.25) is 0 Å². The Morgan fingerprint density at radius 3 is 1.23 bits per heavy atom. The molecule has 22 aromatic heterocycles. The quantitative estimate of drug-likeness (QED) is 0.0821. The van der Waals surface area contributed by atoms with Crippen molar-refractivity contribution in [3.63, 3.8) is 0 Å². The fraction of sp³-hybridized carbons (Fsp3) is 0.0108. The third-order valence-electron chi connectivity index (χ3n) is 13.3. The van der Waals surface area contributed by atoms with E-state index in [2.05, 4.69) is 240 Å². The number of benzene rings is 4. The van der Waals surface area contributed by atoms with Crippen LogP contribution in [0.5, 0.6) is 0 Å². The Morgan fingerprint density at radius 1 is 0.273 bits per heavy atom. The predicted octanol–water partition coefficient (Wildman–Crippen LogP) is 22.4. The smallest absolute Gasteiger partial charge is 0.180 e. The van der Waals surface area contributed by atoms with Crippen molar-refractivity contribution in [1.29, 1.82) is 0 Å². The van der Waals surface area contributed by atoms with E-state index < -0.39 is 0 Å². The van der Waals surface area contributed by atoms with Crippen LogP contribution in [0, 0.1) is 0 Å². The van der Waals surface area contributed by atoms with Crippen LogP contribution in [-0.2, 0) is 0 Å². The maximum Gasteiger partial charge on any atom is 0.180 e. The van der Waals surface area contributed by atoms with Crippen molar-refractivity contribution in [1.82, 2.24) is 150 Å². The van der Waals surface area contributed by atoms with Gasteiger partial charge in [0.25, 0.3) is 0 Å². The Labute approximate surface area is 784 Å². The van der Waals surface area contributed by atoms with Crippen molar-refractivity contribution < 1.29 is 13.4 Å². The number of thiazole rings is 1. The largest absolute Gasteiger partial charge is 0.473 e. The van der Waals surface area contributed by atoms with Crippen LogP contribution in [-0.4, -0.2) is 150 Å². The van der Waals surface area contributed by atoms with Crippen molar-refractivity contribution in [3.8, 4) is 0 Å². The number of H-pyrrole nitrogens is 6. The topological polar surface area (TPSA) is 444 Å². The van der Waals surface area contributed by atoms with E-state index in [1.165, 1.54) is 98.7 Å².